The van der Waals surface area contributed by atoms with Crippen molar-refractivity contribution in [3.63, 3.8) is 0 Å². The summed E-state index contributed by atoms with van der Waals surface area (Å²) in [6.07, 6.45) is 0.674. The Balaban J connectivity index is 1.69. The molecule has 5 atom stereocenters. The number of aliphatic hydroxyl groups is 2. The van der Waals surface area contributed by atoms with Crippen molar-refractivity contribution < 1.29 is 24.9 Å². The summed E-state index contributed by atoms with van der Waals surface area (Å²) in [7, 11) is 0. The normalized spacial score (nSPS) is 40.2. The van der Waals surface area contributed by atoms with E-state index in [4.69, 9.17) is 5.11 Å². The van der Waals surface area contributed by atoms with E-state index in [0.29, 0.717) is 19.0 Å². The van der Waals surface area contributed by atoms with E-state index >= 15 is 0 Å². The molecule has 0 radical (unpaired) electrons. The fourth-order valence-corrected chi connectivity index (χ4v) is 3.83. The van der Waals surface area contributed by atoms with E-state index < -0.39 is 18.1 Å². The number of amides is 2. The molecule has 4 unspecified atom stereocenters. The van der Waals surface area contributed by atoms with Crippen molar-refractivity contribution in [3.05, 3.63) is 0 Å². The number of aliphatic carboxylic acids is 1. The van der Waals surface area contributed by atoms with Crippen molar-refractivity contribution >= 4 is 12.0 Å². The zero-order chi connectivity index (χ0) is 14.4. The van der Waals surface area contributed by atoms with E-state index in [1.54, 1.807) is 4.90 Å². The molecule has 1 aliphatic carbocycles. The van der Waals surface area contributed by atoms with Crippen LogP contribution in [-0.2, 0) is 4.79 Å². The number of fused-ring (bicyclic) bond motifs is 1. The molecule has 3 N–H and O–H groups in total. The van der Waals surface area contributed by atoms with Crippen LogP contribution in [0.15, 0.2) is 0 Å². The lowest BCUT2D eigenvalue weighted by Crippen LogP contribution is -2.48. The Bertz CT molecular complexity index is 429. The number of hydrogen-bond acceptors (Lipinski definition) is 4. The molecule has 2 aliphatic heterocycles. The minimum atomic E-state index is -1.07. The Morgan fingerprint density at radius 2 is 1.80 bits per heavy atom. The molecule has 2 amide bonds. The van der Waals surface area contributed by atoms with Crippen molar-refractivity contribution in [2.24, 2.45) is 11.8 Å². The van der Waals surface area contributed by atoms with Crippen LogP contribution in [0.2, 0.25) is 0 Å². The molecule has 2 heterocycles. The Labute approximate surface area is 116 Å². The highest BCUT2D eigenvalue weighted by Gasteiger charge is 2.47. The number of carbonyl (C=O) groups is 2. The maximum Gasteiger partial charge on any atom is 0.326 e. The summed E-state index contributed by atoms with van der Waals surface area (Å²) in [5.41, 5.74) is 0. The molecule has 20 heavy (non-hydrogen) atoms. The summed E-state index contributed by atoms with van der Waals surface area (Å²) < 4.78 is 0. The van der Waals surface area contributed by atoms with Crippen LogP contribution in [0.1, 0.15) is 19.3 Å². The maximum atomic E-state index is 12.4. The quantitative estimate of drug-likeness (QED) is 0.593. The minimum Gasteiger partial charge on any atom is -0.480 e. The first-order valence-corrected chi connectivity index (χ1v) is 7.12. The van der Waals surface area contributed by atoms with E-state index in [2.05, 4.69) is 0 Å². The lowest BCUT2D eigenvalue weighted by Gasteiger charge is -2.28. The van der Waals surface area contributed by atoms with Gasteiger partial charge in [-0.15, -0.1) is 0 Å². The zero-order valence-corrected chi connectivity index (χ0v) is 11.2. The van der Waals surface area contributed by atoms with Gasteiger partial charge in [0.15, 0.2) is 0 Å². The number of likely N-dealkylation sites (tertiary alicyclic amines) is 2. The van der Waals surface area contributed by atoms with Crippen LogP contribution >= 0.6 is 0 Å². The van der Waals surface area contributed by atoms with Gasteiger partial charge in [-0.3, -0.25) is 0 Å². The van der Waals surface area contributed by atoms with Crippen molar-refractivity contribution in [2.75, 3.05) is 19.6 Å². The Morgan fingerprint density at radius 1 is 1.05 bits per heavy atom. The van der Waals surface area contributed by atoms with E-state index in [1.165, 1.54) is 4.90 Å². The predicted octanol–water partition coefficient (Wildman–Crippen LogP) is -0.671. The first-order chi connectivity index (χ1) is 9.47. The highest BCUT2D eigenvalue weighted by atomic mass is 16.4. The number of carboxylic acids is 1. The van der Waals surface area contributed by atoms with Crippen LogP contribution in [-0.4, -0.2) is 75.0 Å². The molecule has 7 heteroatoms. The average Bonchev–Trinajstić information content (AvgIpc) is 3.05. The second-order valence-corrected chi connectivity index (χ2v) is 6.15. The highest BCUT2D eigenvalue weighted by Crippen LogP contribution is 2.38. The third-order valence-electron chi connectivity index (χ3n) is 4.90. The molecular weight excluding hydrogens is 264 g/mol. The van der Waals surface area contributed by atoms with Crippen LogP contribution in [0, 0.1) is 11.8 Å². The Kier molecular flexibility index (Phi) is 3.33. The van der Waals surface area contributed by atoms with Gasteiger partial charge in [0.05, 0.1) is 12.2 Å². The van der Waals surface area contributed by atoms with Crippen LogP contribution in [0.3, 0.4) is 0 Å². The van der Waals surface area contributed by atoms with Crippen LogP contribution < -0.4 is 0 Å². The molecule has 3 fully saturated rings. The maximum absolute atomic E-state index is 12.4. The lowest BCUT2D eigenvalue weighted by atomic mass is 10.00. The lowest BCUT2D eigenvalue weighted by molar-refractivity contribution is -0.141. The monoisotopic (exact) mass is 284 g/mol. The summed E-state index contributed by atoms with van der Waals surface area (Å²) >= 11 is 0. The molecule has 1 saturated carbocycles. The molecule has 0 bridgehead atoms. The molecule has 3 rings (SSSR count). The number of hydrogen-bond donors (Lipinski definition) is 3. The summed E-state index contributed by atoms with van der Waals surface area (Å²) in [5, 5.41) is 28.6. The van der Waals surface area contributed by atoms with Crippen LogP contribution in [0.25, 0.3) is 0 Å². The van der Waals surface area contributed by atoms with Crippen molar-refractivity contribution in [2.45, 2.75) is 37.5 Å². The third kappa shape index (κ3) is 2.14. The van der Waals surface area contributed by atoms with Gasteiger partial charge in [0.1, 0.15) is 6.04 Å². The zero-order valence-electron chi connectivity index (χ0n) is 11.2. The number of aliphatic hydroxyl groups excluding tert-OH is 2. The third-order valence-corrected chi connectivity index (χ3v) is 4.90. The molecule has 7 nitrogen and oxygen atoms in total. The Morgan fingerprint density at radius 3 is 2.45 bits per heavy atom. The molecule has 0 aromatic rings. The molecule has 3 aliphatic rings. The summed E-state index contributed by atoms with van der Waals surface area (Å²) in [6.45, 7) is 1.15. The molecular formula is C13H20N2O5. The van der Waals surface area contributed by atoms with Gasteiger partial charge in [-0.05, 0) is 18.8 Å². The number of β-amino-alcohol motifs (C(OH)–C–C–N with tert-alkyl or cyclic N) is 1. The largest absolute Gasteiger partial charge is 0.480 e. The highest BCUT2D eigenvalue weighted by molar-refractivity contribution is 5.83. The van der Waals surface area contributed by atoms with Crippen molar-refractivity contribution in [3.8, 4) is 0 Å². The van der Waals surface area contributed by atoms with Gasteiger partial charge in [-0.25, -0.2) is 9.59 Å². The molecule has 2 saturated heterocycles. The number of nitrogens with zero attached hydrogens (tertiary/aromatic N) is 2. The number of rotatable bonds is 1. The van der Waals surface area contributed by atoms with E-state index in [0.717, 1.165) is 12.8 Å². The summed E-state index contributed by atoms with van der Waals surface area (Å²) in [6, 6.07) is -1.27. The number of carboxylic acid groups (broad SMARTS) is 1. The fraction of sp³-hybridized carbons (Fsp3) is 0.846. The smallest absolute Gasteiger partial charge is 0.326 e. The van der Waals surface area contributed by atoms with E-state index in [-0.39, 0.29) is 31.0 Å². The second kappa shape index (κ2) is 4.89. The van der Waals surface area contributed by atoms with Crippen LogP contribution in [0.5, 0.6) is 0 Å². The van der Waals surface area contributed by atoms with Gasteiger partial charge in [0.25, 0.3) is 0 Å². The van der Waals surface area contributed by atoms with Gasteiger partial charge in [0, 0.05) is 32.0 Å². The predicted molar refractivity (Wildman–Crippen MR) is 67.9 cm³/mol. The second-order valence-electron chi connectivity index (χ2n) is 6.15. The SMILES string of the molecule is O=C(O)[C@@H]1CC(O)CN1C(=O)N1CC2CCC(O)C2C1. The van der Waals surface area contributed by atoms with Gasteiger partial charge in [0.2, 0.25) is 0 Å². The van der Waals surface area contributed by atoms with Crippen molar-refractivity contribution in [1.29, 1.82) is 0 Å². The Hall–Kier alpha value is -1.34. The minimum absolute atomic E-state index is 0.0736. The first-order valence-electron chi connectivity index (χ1n) is 7.12. The first kappa shape index (κ1) is 13.6. The van der Waals surface area contributed by atoms with E-state index in [9.17, 15) is 19.8 Å². The van der Waals surface area contributed by atoms with Gasteiger partial charge in [-0.2, -0.15) is 0 Å². The fourth-order valence-electron chi connectivity index (χ4n) is 3.83. The van der Waals surface area contributed by atoms with Gasteiger partial charge >= 0.3 is 12.0 Å². The molecule has 0 spiro atoms. The molecule has 0 aromatic carbocycles. The standard InChI is InChI=1S/C13H20N2O5/c16-8-3-10(12(18)19)15(5-8)13(20)14-4-7-1-2-11(17)9(7)6-14/h7-11,16-17H,1-6H2,(H,18,19)/t7?,8?,9?,10-,11?/m0/s1. The molecule has 0 aromatic heterocycles. The summed E-state index contributed by atoms with van der Waals surface area (Å²) in [4.78, 5) is 26.5. The van der Waals surface area contributed by atoms with Crippen molar-refractivity contribution in [1.82, 2.24) is 9.80 Å². The van der Waals surface area contributed by atoms with Crippen LogP contribution in [0.4, 0.5) is 4.79 Å². The number of carbonyl (C=O) groups excluding carboxylic acids is 1. The topological polar surface area (TPSA) is 101 Å². The summed E-state index contributed by atoms with van der Waals surface area (Å²) in [5.74, 6) is -0.631. The van der Waals surface area contributed by atoms with Gasteiger partial charge in [-0.1, -0.05) is 0 Å². The van der Waals surface area contributed by atoms with Gasteiger partial charge < -0.3 is 25.1 Å². The van der Waals surface area contributed by atoms with E-state index in [1.807, 2.05) is 0 Å². The average molecular weight is 284 g/mol. The number of urea groups is 1. The molecule has 112 valence electrons.